The van der Waals surface area contributed by atoms with Crippen LogP contribution in [0, 0.1) is 6.92 Å². The highest BCUT2D eigenvalue weighted by atomic mass is 32.2. The smallest absolute Gasteiger partial charge is 0.262 e. The van der Waals surface area contributed by atoms with E-state index in [-0.39, 0.29) is 41.2 Å². The van der Waals surface area contributed by atoms with Crippen LogP contribution >= 0.6 is 0 Å². The summed E-state index contributed by atoms with van der Waals surface area (Å²) >= 11 is 0. The Morgan fingerprint density at radius 3 is 2.29 bits per heavy atom. The number of sulfonamides is 1. The summed E-state index contributed by atoms with van der Waals surface area (Å²) in [6.45, 7) is 10.3. The SMILES string of the molecule is Cc1cnc(Nc2ccc(N3CCN(C(=O)CCNc4ccc5c(c4)C(=O)N(C4CCC(=O)NC4=O)C5=O)CC3)cc2)nc1Nc1cccc(S(N)(=O)=O)c1C(C)(C)C. The summed E-state index contributed by atoms with van der Waals surface area (Å²) in [5, 5.41) is 17.5. The maximum Gasteiger partial charge on any atom is 0.262 e. The average molecular weight is 823 g/mol. The number of hydrogen-bond donors (Lipinski definition) is 5. The number of piperazine rings is 1. The number of amides is 5. The maximum atomic E-state index is 13.2. The summed E-state index contributed by atoms with van der Waals surface area (Å²) in [6.07, 6.45) is 2.04. The topological polar surface area (TPSA) is 229 Å². The number of aryl methyl sites for hydroxylation is 1. The number of nitrogens with zero attached hydrogens (tertiary/aromatic N) is 5. The van der Waals surface area contributed by atoms with Gasteiger partial charge < -0.3 is 25.8 Å². The summed E-state index contributed by atoms with van der Waals surface area (Å²) < 4.78 is 24.9. The van der Waals surface area contributed by atoms with Crippen LogP contribution in [0.2, 0.25) is 0 Å². The molecule has 3 aliphatic rings. The molecule has 4 heterocycles. The zero-order valence-corrected chi connectivity index (χ0v) is 34.0. The number of nitrogens with one attached hydrogen (secondary N) is 4. The molecule has 1 atom stereocenters. The van der Waals surface area contributed by atoms with Crippen LogP contribution in [0.15, 0.2) is 71.8 Å². The average Bonchev–Trinajstić information content (AvgIpc) is 3.43. The van der Waals surface area contributed by atoms with Crippen LogP contribution in [-0.2, 0) is 29.8 Å². The Hall–Kier alpha value is -6.40. The van der Waals surface area contributed by atoms with E-state index in [4.69, 9.17) is 5.14 Å². The van der Waals surface area contributed by atoms with Crippen LogP contribution in [0.5, 0.6) is 0 Å². The third-order valence-corrected chi connectivity index (χ3v) is 11.5. The number of imide groups is 2. The van der Waals surface area contributed by atoms with Crippen molar-refractivity contribution in [3.63, 3.8) is 0 Å². The van der Waals surface area contributed by atoms with Gasteiger partial charge in [-0.1, -0.05) is 26.8 Å². The monoisotopic (exact) mass is 822 g/mol. The van der Waals surface area contributed by atoms with Crippen LogP contribution in [0.4, 0.5) is 34.5 Å². The number of primary sulfonamides is 1. The van der Waals surface area contributed by atoms with Gasteiger partial charge in [0.05, 0.1) is 16.0 Å². The molecule has 5 amide bonds. The Balaban J connectivity index is 0.900. The highest BCUT2D eigenvalue weighted by Crippen LogP contribution is 2.37. The third kappa shape index (κ3) is 8.73. The highest BCUT2D eigenvalue weighted by molar-refractivity contribution is 7.89. The predicted molar refractivity (Wildman–Crippen MR) is 221 cm³/mol. The molecule has 1 unspecified atom stereocenters. The zero-order valence-electron chi connectivity index (χ0n) is 33.2. The lowest BCUT2D eigenvalue weighted by atomic mass is 9.85. The molecular weight excluding hydrogens is 777 g/mol. The fourth-order valence-electron chi connectivity index (χ4n) is 7.55. The van der Waals surface area contributed by atoms with Crippen LogP contribution < -0.4 is 31.3 Å². The Labute approximate surface area is 341 Å². The second-order valence-electron chi connectivity index (χ2n) is 15.7. The van der Waals surface area contributed by atoms with Gasteiger partial charge >= 0.3 is 0 Å². The second kappa shape index (κ2) is 16.1. The van der Waals surface area contributed by atoms with E-state index in [1.165, 1.54) is 12.1 Å². The summed E-state index contributed by atoms with van der Waals surface area (Å²) in [7, 11) is -3.97. The molecule has 2 saturated heterocycles. The number of hydrogen-bond acceptors (Lipinski definition) is 13. The van der Waals surface area contributed by atoms with E-state index in [0.29, 0.717) is 61.4 Å². The molecule has 7 rings (SSSR count). The van der Waals surface area contributed by atoms with Crippen molar-refractivity contribution in [1.82, 2.24) is 25.1 Å². The minimum Gasteiger partial charge on any atom is -0.385 e. The van der Waals surface area contributed by atoms with Crippen molar-refractivity contribution >= 4 is 74.1 Å². The summed E-state index contributed by atoms with van der Waals surface area (Å²) in [5.74, 6) is -1.40. The van der Waals surface area contributed by atoms with Gasteiger partial charge in [0.25, 0.3) is 11.8 Å². The number of carbonyl (C=O) groups excluding carboxylic acids is 5. The molecule has 2 fully saturated rings. The number of rotatable bonds is 11. The van der Waals surface area contributed by atoms with Gasteiger partial charge in [-0.15, -0.1) is 0 Å². The van der Waals surface area contributed by atoms with Crippen LogP contribution in [0.3, 0.4) is 0 Å². The Bertz CT molecular complexity index is 2460. The van der Waals surface area contributed by atoms with Crippen molar-refractivity contribution in [3.05, 3.63) is 89.1 Å². The van der Waals surface area contributed by atoms with E-state index in [2.05, 4.69) is 36.1 Å². The molecule has 6 N–H and O–H groups in total. The van der Waals surface area contributed by atoms with Gasteiger partial charge in [0.2, 0.25) is 33.7 Å². The molecule has 18 heteroatoms. The molecule has 1 aromatic heterocycles. The van der Waals surface area contributed by atoms with Gasteiger partial charge in [-0.05, 0) is 73.4 Å². The van der Waals surface area contributed by atoms with Gasteiger partial charge in [-0.25, -0.2) is 18.5 Å². The van der Waals surface area contributed by atoms with Gasteiger partial charge in [0, 0.05) is 85.6 Å². The quantitative estimate of drug-likeness (QED) is 0.136. The summed E-state index contributed by atoms with van der Waals surface area (Å²) in [5.41, 5.74) is 4.06. The van der Waals surface area contributed by atoms with Gasteiger partial charge in [0.1, 0.15) is 11.9 Å². The lowest BCUT2D eigenvalue weighted by Crippen LogP contribution is -2.54. The molecule has 4 aromatic rings. The summed E-state index contributed by atoms with van der Waals surface area (Å²) in [4.78, 5) is 77.3. The molecule has 0 radical (unpaired) electrons. The molecule has 17 nitrogen and oxygen atoms in total. The standard InChI is InChI=1S/C41H46N10O7S/c1-24-23-44-40(48-36(24)46-30-6-5-7-32(59(42,57)58)35(30)41(2,3)4)45-25-8-11-27(12-9-25)49-18-20-50(21-19-49)34(53)16-17-43-26-10-13-28-29(22-26)39(56)51(38(28)55)31-14-15-33(52)47-37(31)54/h5-13,22-23,31,43H,14-21H2,1-4H3,(H2,42,57,58)(H,47,52,54)(H2,44,45,46,48). The molecule has 308 valence electrons. The first-order chi connectivity index (χ1) is 28.0. The van der Waals surface area contributed by atoms with Crippen molar-refractivity contribution in [3.8, 4) is 0 Å². The fourth-order valence-corrected chi connectivity index (χ4v) is 8.52. The second-order valence-corrected chi connectivity index (χ2v) is 17.3. The number of anilines is 6. The minimum absolute atomic E-state index is 0.00755. The van der Waals surface area contributed by atoms with E-state index in [9.17, 15) is 32.4 Å². The number of piperidine rings is 1. The van der Waals surface area contributed by atoms with Crippen molar-refractivity contribution in [2.24, 2.45) is 5.14 Å². The zero-order chi connectivity index (χ0) is 42.2. The van der Waals surface area contributed by atoms with E-state index in [0.717, 1.165) is 21.8 Å². The first kappa shape index (κ1) is 40.8. The molecule has 3 aliphatic heterocycles. The molecular formula is C41H46N10O7S. The van der Waals surface area contributed by atoms with Crippen LogP contribution in [-0.4, -0.2) is 96.5 Å². The minimum atomic E-state index is -3.97. The Morgan fingerprint density at radius 2 is 1.61 bits per heavy atom. The molecule has 3 aromatic carbocycles. The summed E-state index contributed by atoms with van der Waals surface area (Å²) in [6, 6.07) is 16.5. The number of nitrogens with two attached hydrogens (primary N) is 1. The third-order valence-electron chi connectivity index (χ3n) is 10.5. The molecule has 0 saturated carbocycles. The fraction of sp³-hybridized carbons (Fsp3) is 0.341. The molecule has 0 bridgehead atoms. The van der Waals surface area contributed by atoms with E-state index < -0.39 is 45.1 Å². The largest absolute Gasteiger partial charge is 0.385 e. The van der Waals surface area contributed by atoms with E-state index in [1.54, 1.807) is 30.5 Å². The van der Waals surface area contributed by atoms with Gasteiger partial charge in [0.15, 0.2) is 0 Å². The lowest BCUT2D eigenvalue weighted by molar-refractivity contribution is -0.136. The lowest BCUT2D eigenvalue weighted by Gasteiger charge is -2.36. The first-order valence-electron chi connectivity index (χ1n) is 19.2. The number of fused-ring (bicyclic) bond motifs is 1. The van der Waals surface area contributed by atoms with Crippen molar-refractivity contribution in [2.75, 3.05) is 53.6 Å². The van der Waals surface area contributed by atoms with Crippen LogP contribution in [0.1, 0.15) is 71.9 Å². The number of aromatic nitrogens is 2. The molecule has 59 heavy (non-hydrogen) atoms. The maximum absolute atomic E-state index is 13.2. The highest BCUT2D eigenvalue weighted by Gasteiger charge is 2.44. The van der Waals surface area contributed by atoms with E-state index >= 15 is 0 Å². The van der Waals surface area contributed by atoms with Crippen molar-refractivity contribution < 1.29 is 32.4 Å². The van der Waals surface area contributed by atoms with E-state index in [1.807, 2.05) is 56.9 Å². The first-order valence-corrected chi connectivity index (χ1v) is 20.8. The Kier molecular flexibility index (Phi) is 11.1. The number of benzene rings is 3. The van der Waals surface area contributed by atoms with Crippen LogP contribution in [0.25, 0.3) is 0 Å². The normalized spacial score (nSPS) is 17.2. The van der Waals surface area contributed by atoms with Gasteiger partial charge in [-0.3, -0.25) is 34.2 Å². The number of carbonyl (C=O) groups is 5. The van der Waals surface area contributed by atoms with Crippen molar-refractivity contribution in [1.29, 1.82) is 0 Å². The Morgan fingerprint density at radius 1 is 0.915 bits per heavy atom. The molecule has 0 aliphatic carbocycles. The molecule has 0 spiro atoms. The van der Waals surface area contributed by atoms with Gasteiger partial charge in [-0.2, -0.15) is 4.98 Å². The van der Waals surface area contributed by atoms with Crippen molar-refractivity contribution in [2.45, 2.75) is 63.3 Å². The predicted octanol–water partition coefficient (Wildman–Crippen LogP) is 3.77.